The molecule has 12 heavy (non-hydrogen) atoms. The fourth-order valence-corrected chi connectivity index (χ4v) is 1.73. The zero-order valence-electron chi connectivity index (χ0n) is 8.29. The van der Waals surface area contributed by atoms with Crippen molar-refractivity contribution in [3.8, 4) is 0 Å². The van der Waals surface area contributed by atoms with Gasteiger partial charge in [0.05, 0.1) is 0 Å². The van der Waals surface area contributed by atoms with Crippen LogP contribution in [0, 0.1) is 0 Å². The molecule has 1 rings (SSSR count). The average molecular weight is 167 g/mol. The molecule has 0 aliphatic carbocycles. The predicted molar refractivity (Wildman–Crippen MR) is 53.9 cm³/mol. The summed E-state index contributed by atoms with van der Waals surface area (Å²) in [6.07, 6.45) is 2.59. The molecular weight excluding hydrogens is 149 g/mol. The molecule has 1 fully saturated rings. The third-order valence-corrected chi connectivity index (χ3v) is 2.51. The molecular formula is C9H18BNO. The summed E-state index contributed by atoms with van der Waals surface area (Å²) in [4.78, 5) is 2.27. The van der Waals surface area contributed by atoms with E-state index >= 15 is 0 Å². The molecule has 2 nitrogen and oxygen atoms in total. The van der Waals surface area contributed by atoms with Gasteiger partial charge in [-0.3, -0.25) is 0 Å². The van der Waals surface area contributed by atoms with Gasteiger partial charge < -0.3 is 0 Å². The third kappa shape index (κ3) is 2.42. The standard InChI is InChI=1S/C9H18BNO/c1-7-5-8(11(3)4)6-9(10-2)12-7/h7-9H,2,5-6H2,1,3-4H3. The van der Waals surface area contributed by atoms with Crippen LogP contribution >= 0.6 is 0 Å². The van der Waals surface area contributed by atoms with E-state index in [4.69, 9.17) is 4.74 Å². The van der Waals surface area contributed by atoms with E-state index < -0.39 is 0 Å². The molecule has 0 saturated carbocycles. The molecule has 1 aliphatic rings. The molecule has 68 valence electrons. The van der Waals surface area contributed by atoms with Gasteiger partial charge in [-0.05, 0) is 0 Å². The molecule has 0 radical (unpaired) electrons. The fraction of sp³-hybridized carbons (Fsp3) is 0.889. The minimum atomic E-state index is 0.251. The SMILES string of the molecule is C=BC1CC(N(C)C)CC(C)O1. The Labute approximate surface area is 75.8 Å². The van der Waals surface area contributed by atoms with Crippen LogP contribution in [0.25, 0.3) is 0 Å². The normalized spacial score (nSPS) is 36.5. The zero-order chi connectivity index (χ0) is 9.14. The van der Waals surface area contributed by atoms with Gasteiger partial charge in [0.25, 0.3) is 0 Å². The van der Waals surface area contributed by atoms with Gasteiger partial charge in [0.1, 0.15) is 0 Å². The quantitative estimate of drug-likeness (QED) is 0.557. The second-order valence-electron chi connectivity index (χ2n) is 3.81. The second-order valence-corrected chi connectivity index (χ2v) is 3.81. The summed E-state index contributed by atoms with van der Waals surface area (Å²) in [6, 6.07) is 0.901. The molecule has 3 atom stereocenters. The van der Waals surface area contributed by atoms with Crippen LogP contribution in [0.3, 0.4) is 0 Å². The number of hydrogen-bond donors (Lipinski definition) is 0. The van der Waals surface area contributed by atoms with Crippen LogP contribution in [0.4, 0.5) is 0 Å². The van der Waals surface area contributed by atoms with Crippen molar-refractivity contribution >= 4 is 13.4 Å². The van der Waals surface area contributed by atoms with Crippen LogP contribution in [-0.2, 0) is 4.74 Å². The molecule has 0 aromatic rings. The van der Waals surface area contributed by atoms with Gasteiger partial charge in [-0.15, -0.1) is 0 Å². The Balaban J connectivity index is 2.50. The van der Waals surface area contributed by atoms with E-state index in [9.17, 15) is 0 Å². The summed E-state index contributed by atoms with van der Waals surface area (Å²) in [7, 11) is 4.26. The van der Waals surface area contributed by atoms with Crippen molar-refractivity contribution < 1.29 is 4.74 Å². The Kier molecular flexibility index (Phi) is 3.47. The molecule has 0 spiro atoms. The van der Waals surface area contributed by atoms with Gasteiger partial charge in [0.2, 0.25) is 0 Å². The Morgan fingerprint density at radius 2 is 2.08 bits per heavy atom. The number of nitrogens with zero attached hydrogens (tertiary/aromatic N) is 1. The van der Waals surface area contributed by atoms with Gasteiger partial charge in [-0.2, -0.15) is 0 Å². The van der Waals surface area contributed by atoms with E-state index in [2.05, 4.69) is 32.4 Å². The van der Waals surface area contributed by atoms with Crippen molar-refractivity contribution in [1.29, 1.82) is 0 Å². The second kappa shape index (κ2) is 4.19. The molecule has 0 N–H and O–H groups in total. The maximum atomic E-state index is 5.67. The molecule has 1 heterocycles. The first kappa shape index (κ1) is 9.94. The molecule has 3 heteroatoms. The van der Waals surface area contributed by atoms with Gasteiger partial charge in [0.15, 0.2) is 0 Å². The Bertz CT molecular complexity index is 161. The van der Waals surface area contributed by atoms with Crippen LogP contribution < -0.4 is 0 Å². The number of ether oxygens (including phenoxy) is 1. The first-order valence-corrected chi connectivity index (χ1v) is 4.58. The topological polar surface area (TPSA) is 12.5 Å². The van der Waals surface area contributed by atoms with Crippen LogP contribution in [0.2, 0.25) is 0 Å². The van der Waals surface area contributed by atoms with Crippen LogP contribution in [0.5, 0.6) is 0 Å². The predicted octanol–water partition coefficient (Wildman–Crippen LogP) is 0.578. The van der Waals surface area contributed by atoms with Crippen LogP contribution in [0.1, 0.15) is 19.8 Å². The van der Waals surface area contributed by atoms with E-state index in [1.807, 2.05) is 6.92 Å². The minimum absolute atomic E-state index is 0.251. The third-order valence-electron chi connectivity index (χ3n) is 2.51. The van der Waals surface area contributed by atoms with Crippen molar-refractivity contribution in [2.24, 2.45) is 0 Å². The molecule has 1 saturated heterocycles. The summed E-state index contributed by atoms with van der Waals surface area (Å²) in [5, 5.41) is 0. The van der Waals surface area contributed by atoms with Crippen molar-refractivity contribution in [2.45, 2.75) is 37.9 Å². The Morgan fingerprint density at radius 1 is 1.42 bits per heavy atom. The molecule has 0 aromatic carbocycles. The molecule has 0 amide bonds. The van der Waals surface area contributed by atoms with E-state index in [0.29, 0.717) is 12.1 Å². The van der Waals surface area contributed by atoms with Gasteiger partial charge in [-0.25, -0.2) is 0 Å². The van der Waals surface area contributed by atoms with Crippen molar-refractivity contribution in [2.75, 3.05) is 14.1 Å². The Morgan fingerprint density at radius 3 is 2.58 bits per heavy atom. The molecule has 1 aliphatic heterocycles. The van der Waals surface area contributed by atoms with Crippen molar-refractivity contribution in [3.05, 3.63) is 0 Å². The average Bonchev–Trinajstić information content (AvgIpc) is 2.03. The van der Waals surface area contributed by atoms with Gasteiger partial charge in [-0.1, -0.05) is 0 Å². The molecule has 0 aromatic heterocycles. The zero-order valence-corrected chi connectivity index (χ0v) is 8.29. The first-order valence-electron chi connectivity index (χ1n) is 4.58. The summed E-state index contributed by atoms with van der Waals surface area (Å²) in [5.41, 5.74) is 0. The fourth-order valence-electron chi connectivity index (χ4n) is 1.73. The number of hydrogen-bond acceptors (Lipinski definition) is 2. The summed E-state index contributed by atoms with van der Waals surface area (Å²) < 4.78 is 5.67. The monoisotopic (exact) mass is 167 g/mol. The van der Waals surface area contributed by atoms with E-state index in [0.717, 1.165) is 12.8 Å². The van der Waals surface area contributed by atoms with Gasteiger partial charge >= 0.3 is 75.0 Å². The number of rotatable bonds is 2. The van der Waals surface area contributed by atoms with Crippen LogP contribution in [-0.4, -0.2) is 50.5 Å². The first-order chi connectivity index (χ1) is 5.63. The van der Waals surface area contributed by atoms with Crippen LogP contribution in [0.15, 0.2) is 0 Å². The van der Waals surface area contributed by atoms with E-state index in [-0.39, 0.29) is 6.00 Å². The molecule has 0 bridgehead atoms. The Hall–Kier alpha value is -0.145. The maximum absolute atomic E-state index is 5.67. The van der Waals surface area contributed by atoms with Gasteiger partial charge in [0, 0.05) is 0 Å². The van der Waals surface area contributed by atoms with Crippen molar-refractivity contribution in [3.63, 3.8) is 0 Å². The summed E-state index contributed by atoms with van der Waals surface area (Å²) in [6.45, 7) is 7.81. The summed E-state index contributed by atoms with van der Waals surface area (Å²) >= 11 is 0. The van der Waals surface area contributed by atoms with Crippen molar-refractivity contribution in [1.82, 2.24) is 4.90 Å². The summed E-state index contributed by atoms with van der Waals surface area (Å²) in [5.74, 6) is 0. The van der Waals surface area contributed by atoms with E-state index in [1.54, 1.807) is 0 Å². The van der Waals surface area contributed by atoms with E-state index in [1.165, 1.54) is 0 Å². The molecule has 3 unspecified atom stereocenters.